The molecule has 0 fully saturated rings. The average Bonchev–Trinajstić information content (AvgIpc) is 3.55. The number of amides is 1. The van der Waals surface area contributed by atoms with Gasteiger partial charge < -0.3 is 9.73 Å². The molecule has 1 N–H and O–H groups in total. The Kier molecular flexibility index (Phi) is 5.28. The molecule has 5 rings (SSSR count). The first kappa shape index (κ1) is 21.6. The molecule has 4 heterocycles. The Hall–Kier alpha value is -4.20. The second-order valence-corrected chi connectivity index (χ2v) is 8.70. The van der Waals surface area contributed by atoms with Gasteiger partial charge in [-0.2, -0.15) is 10.2 Å². The highest BCUT2D eigenvalue weighted by molar-refractivity contribution is 6.13. The van der Waals surface area contributed by atoms with Crippen LogP contribution in [0.3, 0.4) is 0 Å². The summed E-state index contributed by atoms with van der Waals surface area (Å²) < 4.78 is 9.21. The zero-order chi connectivity index (χ0) is 24.0. The lowest BCUT2D eigenvalue weighted by molar-refractivity contribution is 0.102. The fourth-order valence-electron chi connectivity index (χ4n) is 4.08. The molecule has 0 spiro atoms. The molecule has 172 valence electrons. The molecular weight excluding hydrogens is 428 g/mol. The van der Waals surface area contributed by atoms with Gasteiger partial charge in [0.2, 0.25) is 0 Å². The number of carbonyl (C=O) groups excluding carboxylic acids is 1. The molecule has 1 aromatic carbocycles. The highest BCUT2D eigenvalue weighted by Gasteiger charge is 2.22. The first-order valence-corrected chi connectivity index (χ1v) is 11.2. The van der Waals surface area contributed by atoms with Crippen LogP contribution in [0.4, 0.5) is 5.69 Å². The zero-order valence-electron chi connectivity index (χ0n) is 19.8. The second kappa shape index (κ2) is 8.30. The summed E-state index contributed by atoms with van der Waals surface area (Å²) in [5.41, 5.74) is 6.08. The van der Waals surface area contributed by atoms with E-state index in [0.29, 0.717) is 33.7 Å². The van der Waals surface area contributed by atoms with Gasteiger partial charge in [-0.3, -0.25) is 4.79 Å². The summed E-state index contributed by atoms with van der Waals surface area (Å²) in [6.45, 7) is 9.94. The van der Waals surface area contributed by atoms with Gasteiger partial charge in [0, 0.05) is 6.04 Å². The average molecular weight is 455 g/mol. The molecule has 0 atom stereocenters. The molecule has 34 heavy (non-hydrogen) atoms. The minimum Gasteiger partial charge on any atom is -0.463 e. The van der Waals surface area contributed by atoms with Gasteiger partial charge in [-0.05, 0) is 65.0 Å². The summed E-state index contributed by atoms with van der Waals surface area (Å²) >= 11 is 0. The predicted molar refractivity (Wildman–Crippen MR) is 131 cm³/mol. The molecule has 5 aromatic rings. The Bertz CT molecular complexity index is 1490. The highest BCUT2D eigenvalue weighted by atomic mass is 16.3. The summed E-state index contributed by atoms with van der Waals surface area (Å²) in [5.74, 6) is 0.338. The van der Waals surface area contributed by atoms with Crippen molar-refractivity contribution in [1.29, 1.82) is 0 Å². The van der Waals surface area contributed by atoms with Gasteiger partial charge in [0.05, 0.1) is 46.2 Å². The van der Waals surface area contributed by atoms with E-state index in [4.69, 9.17) is 9.40 Å². The number of rotatable bonds is 5. The van der Waals surface area contributed by atoms with Crippen LogP contribution in [0.1, 0.15) is 47.2 Å². The third-order valence-corrected chi connectivity index (χ3v) is 5.88. The zero-order valence-corrected chi connectivity index (χ0v) is 19.8. The predicted octanol–water partition coefficient (Wildman–Crippen LogP) is 5.64. The molecule has 8 nitrogen and oxygen atoms in total. The van der Waals surface area contributed by atoms with E-state index >= 15 is 0 Å². The number of aromatic nitrogens is 5. The molecule has 4 aromatic heterocycles. The van der Waals surface area contributed by atoms with Gasteiger partial charge in [0.15, 0.2) is 11.4 Å². The lowest BCUT2D eigenvalue weighted by atomic mass is 10.1. The van der Waals surface area contributed by atoms with Crippen LogP contribution in [-0.4, -0.2) is 30.5 Å². The van der Waals surface area contributed by atoms with Gasteiger partial charge in [-0.15, -0.1) is 0 Å². The SMILES string of the molecule is Cc1ccc(-n2nc(C)c(NC(=O)c3cc(-c4ccco4)nc4c3cnn4C(C)C)c2C)cc1. The van der Waals surface area contributed by atoms with E-state index in [1.807, 2.05) is 74.3 Å². The Morgan fingerprint density at radius 2 is 1.85 bits per heavy atom. The van der Waals surface area contributed by atoms with E-state index in [0.717, 1.165) is 17.1 Å². The number of nitrogens with zero attached hydrogens (tertiary/aromatic N) is 5. The van der Waals surface area contributed by atoms with Crippen molar-refractivity contribution in [1.82, 2.24) is 24.5 Å². The van der Waals surface area contributed by atoms with Crippen LogP contribution in [0.2, 0.25) is 0 Å². The molecule has 0 aliphatic rings. The van der Waals surface area contributed by atoms with E-state index in [9.17, 15) is 4.79 Å². The monoisotopic (exact) mass is 454 g/mol. The van der Waals surface area contributed by atoms with Gasteiger partial charge in [0.25, 0.3) is 5.91 Å². The van der Waals surface area contributed by atoms with Crippen LogP contribution >= 0.6 is 0 Å². The number of furan rings is 1. The van der Waals surface area contributed by atoms with E-state index in [2.05, 4.69) is 15.5 Å². The molecule has 8 heteroatoms. The van der Waals surface area contributed by atoms with Gasteiger partial charge in [-0.1, -0.05) is 17.7 Å². The number of carbonyl (C=O) groups is 1. The van der Waals surface area contributed by atoms with Crippen molar-refractivity contribution in [3.63, 3.8) is 0 Å². The van der Waals surface area contributed by atoms with Crippen LogP contribution in [0, 0.1) is 20.8 Å². The normalized spacial score (nSPS) is 11.5. The maximum Gasteiger partial charge on any atom is 0.256 e. The lowest BCUT2D eigenvalue weighted by Gasteiger charge is -2.11. The molecule has 0 aliphatic carbocycles. The van der Waals surface area contributed by atoms with Crippen molar-refractivity contribution < 1.29 is 9.21 Å². The van der Waals surface area contributed by atoms with E-state index < -0.39 is 0 Å². The van der Waals surface area contributed by atoms with Crippen LogP contribution in [0.5, 0.6) is 0 Å². The van der Waals surface area contributed by atoms with Gasteiger partial charge in [-0.25, -0.2) is 14.3 Å². The summed E-state index contributed by atoms with van der Waals surface area (Å²) in [4.78, 5) is 18.3. The number of anilines is 1. The number of hydrogen-bond acceptors (Lipinski definition) is 5. The van der Waals surface area contributed by atoms with Crippen LogP contribution in [0.15, 0.2) is 59.3 Å². The number of nitrogens with one attached hydrogen (secondary N) is 1. The number of aryl methyl sites for hydroxylation is 2. The van der Waals surface area contributed by atoms with Crippen molar-refractivity contribution in [2.75, 3.05) is 5.32 Å². The summed E-state index contributed by atoms with van der Waals surface area (Å²) in [6.07, 6.45) is 3.28. The standard InChI is InChI=1S/C26H26N6O2/c1-15(2)31-25-21(14-27-31)20(13-22(28-25)23-7-6-12-34-23)26(33)29-24-17(4)30-32(18(24)5)19-10-8-16(3)9-11-19/h6-15H,1-5H3,(H,29,33). The third-order valence-electron chi connectivity index (χ3n) is 5.88. The molecule has 0 saturated heterocycles. The fraction of sp³-hybridized carbons (Fsp3) is 0.231. The van der Waals surface area contributed by atoms with Crippen molar-refractivity contribution in [2.24, 2.45) is 0 Å². The topological polar surface area (TPSA) is 90.8 Å². The largest absolute Gasteiger partial charge is 0.463 e. The molecular formula is C26H26N6O2. The van der Waals surface area contributed by atoms with Crippen LogP contribution in [0.25, 0.3) is 28.2 Å². The Balaban J connectivity index is 1.57. The minimum absolute atomic E-state index is 0.0880. The molecule has 1 amide bonds. The highest BCUT2D eigenvalue weighted by Crippen LogP contribution is 2.29. The first-order valence-electron chi connectivity index (χ1n) is 11.2. The molecule has 0 radical (unpaired) electrons. The van der Waals surface area contributed by atoms with Crippen molar-refractivity contribution in [3.8, 4) is 17.1 Å². The first-order chi connectivity index (χ1) is 16.3. The van der Waals surface area contributed by atoms with Crippen molar-refractivity contribution >= 4 is 22.6 Å². The van der Waals surface area contributed by atoms with E-state index in [1.54, 1.807) is 24.6 Å². The number of fused-ring (bicyclic) bond motifs is 1. The Morgan fingerprint density at radius 3 is 2.53 bits per heavy atom. The van der Waals surface area contributed by atoms with Crippen LogP contribution in [-0.2, 0) is 0 Å². The van der Waals surface area contributed by atoms with Crippen LogP contribution < -0.4 is 5.32 Å². The summed E-state index contributed by atoms with van der Waals surface area (Å²) in [6, 6.07) is 13.6. The van der Waals surface area contributed by atoms with Crippen molar-refractivity contribution in [3.05, 3.63) is 77.4 Å². The van der Waals surface area contributed by atoms with Crippen molar-refractivity contribution in [2.45, 2.75) is 40.7 Å². The third kappa shape index (κ3) is 3.67. The lowest BCUT2D eigenvalue weighted by Crippen LogP contribution is -2.14. The van der Waals surface area contributed by atoms with Gasteiger partial charge in [0.1, 0.15) is 5.69 Å². The Labute approximate surface area is 197 Å². The minimum atomic E-state index is -0.252. The number of benzene rings is 1. The van der Waals surface area contributed by atoms with E-state index in [-0.39, 0.29) is 11.9 Å². The summed E-state index contributed by atoms with van der Waals surface area (Å²) in [5, 5.41) is 12.9. The molecule has 0 bridgehead atoms. The maximum atomic E-state index is 13.6. The quantitative estimate of drug-likeness (QED) is 0.371. The maximum absolute atomic E-state index is 13.6. The Morgan fingerprint density at radius 1 is 1.09 bits per heavy atom. The molecule has 0 saturated carbocycles. The number of pyridine rings is 1. The number of hydrogen-bond donors (Lipinski definition) is 1. The second-order valence-electron chi connectivity index (χ2n) is 8.70. The molecule has 0 aliphatic heterocycles. The summed E-state index contributed by atoms with van der Waals surface area (Å²) in [7, 11) is 0. The fourth-order valence-corrected chi connectivity index (χ4v) is 4.08. The smallest absolute Gasteiger partial charge is 0.256 e. The van der Waals surface area contributed by atoms with E-state index in [1.165, 1.54) is 5.56 Å². The molecule has 0 unspecified atom stereocenters. The van der Waals surface area contributed by atoms with Gasteiger partial charge >= 0.3 is 0 Å².